The molecule has 2 aromatic heterocycles. The molecule has 170 valence electrons. The number of hydrogen-bond donors (Lipinski definition) is 1. The lowest BCUT2D eigenvalue weighted by atomic mass is 10.2. The molecule has 0 saturated carbocycles. The summed E-state index contributed by atoms with van der Waals surface area (Å²) in [6, 6.07) is 9.79. The number of anilines is 1. The van der Waals surface area contributed by atoms with Crippen LogP contribution in [0.15, 0.2) is 54.3 Å². The molecule has 0 aliphatic carbocycles. The summed E-state index contributed by atoms with van der Waals surface area (Å²) in [5, 5.41) is 9.76. The van der Waals surface area contributed by atoms with Gasteiger partial charge in [-0.2, -0.15) is 0 Å². The van der Waals surface area contributed by atoms with Gasteiger partial charge in [-0.1, -0.05) is 18.2 Å². The molecular weight excluding hydrogens is 450 g/mol. The molecule has 3 aromatic rings. The van der Waals surface area contributed by atoms with Gasteiger partial charge >= 0.3 is 5.97 Å². The summed E-state index contributed by atoms with van der Waals surface area (Å²) in [7, 11) is -3.85. The molecule has 8 nitrogen and oxygen atoms in total. The Bertz CT molecular complexity index is 1150. The van der Waals surface area contributed by atoms with E-state index in [1.165, 1.54) is 21.9 Å². The van der Waals surface area contributed by atoms with Gasteiger partial charge in [0.15, 0.2) is 5.69 Å². The lowest BCUT2D eigenvalue weighted by Crippen LogP contribution is -2.34. The zero-order chi connectivity index (χ0) is 23.4. The molecule has 0 aliphatic rings. The van der Waals surface area contributed by atoms with Crippen LogP contribution >= 0.6 is 11.3 Å². The van der Waals surface area contributed by atoms with E-state index in [1.54, 1.807) is 51.4 Å². The second-order valence-electron chi connectivity index (χ2n) is 8.11. The molecule has 3 rings (SSSR count). The van der Waals surface area contributed by atoms with E-state index in [9.17, 15) is 18.3 Å². The fourth-order valence-electron chi connectivity index (χ4n) is 2.85. The molecule has 32 heavy (non-hydrogen) atoms. The second kappa shape index (κ2) is 9.66. The number of rotatable bonds is 8. The van der Waals surface area contributed by atoms with Crippen LogP contribution < -0.4 is 4.31 Å². The second-order valence-corrected chi connectivity index (χ2v) is 11.0. The lowest BCUT2D eigenvalue weighted by molar-refractivity contribution is 0.00646. The van der Waals surface area contributed by atoms with Gasteiger partial charge in [0.2, 0.25) is 10.0 Å². The van der Waals surface area contributed by atoms with Crippen molar-refractivity contribution in [1.29, 1.82) is 0 Å². The number of hydrogen-bond acceptors (Lipinski definition) is 8. The number of nitrogens with zero attached hydrogens (tertiary/aromatic N) is 3. The van der Waals surface area contributed by atoms with Crippen LogP contribution in [0, 0.1) is 0 Å². The van der Waals surface area contributed by atoms with Crippen LogP contribution in [-0.4, -0.2) is 40.8 Å². The van der Waals surface area contributed by atoms with Crippen molar-refractivity contribution in [3.63, 3.8) is 0 Å². The number of pyridine rings is 1. The number of ether oxygens (including phenoxy) is 1. The number of thiazole rings is 1. The first-order chi connectivity index (χ1) is 15.0. The minimum atomic E-state index is -3.85. The van der Waals surface area contributed by atoms with Crippen LogP contribution in [0.25, 0.3) is 0 Å². The molecule has 0 fully saturated rings. The average molecular weight is 476 g/mol. The van der Waals surface area contributed by atoms with Crippen LogP contribution in [0.2, 0.25) is 0 Å². The van der Waals surface area contributed by atoms with Gasteiger partial charge in [0.1, 0.15) is 16.4 Å². The Labute approximate surface area is 191 Å². The maximum Gasteiger partial charge on any atom is 0.360 e. The summed E-state index contributed by atoms with van der Waals surface area (Å²) in [5.74, 6) is -0.790. The van der Waals surface area contributed by atoms with Crippen molar-refractivity contribution in [2.45, 2.75) is 39.3 Å². The minimum absolute atomic E-state index is 0.0202. The van der Waals surface area contributed by atoms with Gasteiger partial charge in [0.05, 0.1) is 17.8 Å². The molecule has 0 radical (unpaired) electrons. The lowest BCUT2D eigenvalue weighted by Gasteiger charge is -2.25. The number of esters is 1. The Balaban J connectivity index is 1.95. The largest absolute Gasteiger partial charge is 0.508 e. The number of carbonyl (C=O) groups excluding carboxylic acids is 1. The van der Waals surface area contributed by atoms with Gasteiger partial charge in [0, 0.05) is 12.4 Å². The first kappa shape index (κ1) is 23.7. The molecule has 0 atom stereocenters. The number of phenolic OH excluding ortho intramolecular Hbond substituents is 1. The fourth-order valence-corrected chi connectivity index (χ4v) is 5.41. The summed E-state index contributed by atoms with van der Waals surface area (Å²) in [6.45, 7) is 5.18. The summed E-state index contributed by atoms with van der Waals surface area (Å²) in [4.78, 5) is 20.8. The van der Waals surface area contributed by atoms with Gasteiger partial charge in [-0.05, 0) is 56.5 Å². The number of phenols is 1. The SMILES string of the molecule is CC(C)(C)OC(=O)c1ncsc1N(Cc1ccc(O)cc1)S(=O)(=O)CCc1cccnc1. The molecule has 2 heterocycles. The Kier molecular flexibility index (Phi) is 7.15. The quantitative estimate of drug-likeness (QED) is 0.494. The van der Waals surface area contributed by atoms with E-state index in [4.69, 9.17) is 4.74 Å². The maximum atomic E-state index is 13.4. The van der Waals surface area contributed by atoms with Gasteiger partial charge in [-0.15, -0.1) is 11.3 Å². The van der Waals surface area contributed by atoms with Gasteiger partial charge < -0.3 is 9.84 Å². The number of aromatic hydroxyl groups is 1. The summed E-state index contributed by atoms with van der Waals surface area (Å²) in [6.07, 6.45) is 3.51. The third-order valence-corrected chi connectivity index (χ3v) is 7.00. The molecule has 0 unspecified atom stereocenters. The van der Waals surface area contributed by atoms with Crippen molar-refractivity contribution >= 4 is 32.3 Å². The fraction of sp³-hybridized carbons (Fsp3) is 0.318. The molecule has 1 N–H and O–H groups in total. The van der Waals surface area contributed by atoms with E-state index in [1.807, 2.05) is 6.07 Å². The predicted molar refractivity (Wildman–Crippen MR) is 123 cm³/mol. The molecule has 0 spiro atoms. The smallest absolute Gasteiger partial charge is 0.360 e. The summed E-state index contributed by atoms with van der Waals surface area (Å²) in [5.41, 5.74) is 2.07. The van der Waals surface area contributed by atoms with E-state index < -0.39 is 21.6 Å². The van der Waals surface area contributed by atoms with Crippen molar-refractivity contribution in [2.75, 3.05) is 10.1 Å². The van der Waals surface area contributed by atoms with Crippen LogP contribution in [0.3, 0.4) is 0 Å². The van der Waals surface area contributed by atoms with Crippen molar-refractivity contribution in [2.24, 2.45) is 0 Å². The van der Waals surface area contributed by atoms with E-state index in [0.29, 0.717) is 5.56 Å². The number of sulfonamides is 1. The van der Waals surface area contributed by atoms with Crippen LogP contribution in [0.5, 0.6) is 5.75 Å². The third kappa shape index (κ3) is 6.27. The van der Waals surface area contributed by atoms with Crippen molar-refractivity contribution < 1.29 is 23.1 Å². The van der Waals surface area contributed by atoms with Crippen molar-refractivity contribution in [3.05, 3.63) is 71.1 Å². The van der Waals surface area contributed by atoms with E-state index in [0.717, 1.165) is 16.9 Å². The van der Waals surface area contributed by atoms with E-state index >= 15 is 0 Å². The molecule has 1 aromatic carbocycles. The average Bonchev–Trinajstić information content (AvgIpc) is 3.21. The van der Waals surface area contributed by atoms with Gasteiger partial charge in [-0.25, -0.2) is 18.2 Å². The minimum Gasteiger partial charge on any atom is -0.508 e. The highest BCUT2D eigenvalue weighted by atomic mass is 32.2. The van der Waals surface area contributed by atoms with Gasteiger partial charge in [0.25, 0.3) is 0 Å². The number of aryl methyl sites for hydroxylation is 1. The topological polar surface area (TPSA) is 110 Å². The first-order valence-corrected chi connectivity index (χ1v) is 12.4. The molecule has 0 bridgehead atoms. The molecule has 0 saturated heterocycles. The summed E-state index contributed by atoms with van der Waals surface area (Å²) >= 11 is 1.06. The van der Waals surface area contributed by atoms with Crippen molar-refractivity contribution in [1.82, 2.24) is 9.97 Å². The molecular formula is C22H25N3O5S2. The molecule has 0 amide bonds. The zero-order valence-electron chi connectivity index (χ0n) is 18.1. The standard InChI is InChI=1S/C22H25N3O5S2/c1-22(2,3)30-21(27)19-20(31-15-24-19)25(14-17-6-8-18(26)9-7-17)32(28,29)12-10-16-5-4-11-23-13-16/h4-9,11,13,15,26H,10,12,14H2,1-3H3. The van der Waals surface area contributed by atoms with E-state index in [-0.39, 0.29) is 35.2 Å². The highest BCUT2D eigenvalue weighted by molar-refractivity contribution is 7.92. The van der Waals surface area contributed by atoms with Crippen LogP contribution in [0.1, 0.15) is 42.4 Å². The van der Waals surface area contributed by atoms with Crippen molar-refractivity contribution in [3.8, 4) is 5.75 Å². The van der Waals surface area contributed by atoms with Crippen LogP contribution in [-0.2, 0) is 27.7 Å². The normalized spacial score (nSPS) is 11.8. The Morgan fingerprint density at radius 1 is 1.16 bits per heavy atom. The van der Waals surface area contributed by atoms with Gasteiger partial charge in [-0.3, -0.25) is 9.29 Å². The number of benzene rings is 1. The Hall–Kier alpha value is -2.98. The monoisotopic (exact) mass is 475 g/mol. The number of carbonyl (C=O) groups is 1. The van der Waals surface area contributed by atoms with Crippen LogP contribution in [0.4, 0.5) is 5.00 Å². The molecule has 10 heteroatoms. The third-order valence-electron chi connectivity index (χ3n) is 4.34. The predicted octanol–water partition coefficient (Wildman–Crippen LogP) is 3.78. The summed E-state index contributed by atoms with van der Waals surface area (Å²) < 4.78 is 33.4. The highest BCUT2D eigenvalue weighted by Gasteiger charge is 2.31. The Morgan fingerprint density at radius 2 is 1.88 bits per heavy atom. The zero-order valence-corrected chi connectivity index (χ0v) is 19.7. The highest BCUT2D eigenvalue weighted by Crippen LogP contribution is 2.31. The number of aromatic nitrogens is 2. The molecule has 0 aliphatic heterocycles. The first-order valence-electron chi connectivity index (χ1n) is 9.89. The maximum absolute atomic E-state index is 13.4. The Morgan fingerprint density at radius 3 is 2.50 bits per heavy atom. The van der Waals surface area contributed by atoms with E-state index in [2.05, 4.69) is 9.97 Å².